The van der Waals surface area contributed by atoms with Crippen molar-refractivity contribution >= 4 is 17.6 Å². The molecular weight excluding hydrogens is 368 g/mol. The average Bonchev–Trinajstić information content (AvgIpc) is 3.13. The number of carboxylic acid groups (broad SMARTS) is 1. The summed E-state index contributed by atoms with van der Waals surface area (Å²) in [5.41, 5.74) is 1.30. The molecule has 0 saturated heterocycles. The Morgan fingerprint density at radius 2 is 1.82 bits per heavy atom. The number of benzene rings is 1. The van der Waals surface area contributed by atoms with Crippen LogP contribution in [0.3, 0.4) is 0 Å². The molecule has 148 valence electrons. The number of methoxy groups -OCH3 is 3. The van der Waals surface area contributed by atoms with E-state index < -0.39 is 6.09 Å². The van der Waals surface area contributed by atoms with E-state index in [9.17, 15) is 4.79 Å². The van der Waals surface area contributed by atoms with Gasteiger partial charge in [0.25, 0.3) is 0 Å². The highest BCUT2D eigenvalue weighted by atomic mass is 16.5. The Morgan fingerprint density at radius 1 is 1.14 bits per heavy atom. The number of carbonyl (C=O) groups is 1. The topological polar surface area (TPSA) is 108 Å². The zero-order chi connectivity index (χ0) is 20.3. The Labute approximate surface area is 160 Å². The summed E-state index contributed by atoms with van der Waals surface area (Å²) in [7, 11) is 6.03. The van der Waals surface area contributed by atoms with Crippen LogP contribution >= 0.6 is 0 Å². The maximum atomic E-state index is 11.1. The molecule has 2 aromatic heterocycles. The first-order valence-electron chi connectivity index (χ1n) is 8.21. The zero-order valence-electron chi connectivity index (χ0n) is 15.9. The highest BCUT2D eigenvalue weighted by molar-refractivity contribution is 5.84. The van der Waals surface area contributed by atoms with E-state index in [2.05, 4.69) is 10.1 Å². The summed E-state index contributed by atoms with van der Waals surface area (Å²) >= 11 is 0. The van der Waals surface area contributed by atoms with Gasteiger partial charge in [0, 0.05) is 13.1 Å². The van der Waals surface area contributed by atoms with E-state index in [0.29, 0.717) is 28.8 Å². The average molecular weight is 388 g/mol. The van der Waals surface area contributed by atoms with E-state index in [4.69, 9.17) is 24.1 Å². The minimum absolute atomic E-state index is 0.214. The molecule has 0 bridgehead atoms. The fourth-order valence-electron chi connectivity index (χ4n) is 2.56. The van der Waals surface area contributed by atoms with Gasteiger partial charge in [-0.15, -0.1) is 5.10 Å². The molecule has 0 unspecified atom stereocenters. The molecule has 2 heterocycles. The zero-order valence-corrected chi connectivity index (χ0v) is 15.9. The van der Waals surface area contributed by atoms with Crippen LogP contribution < -0.4 is 23.8 Å². The van der Waals surface area contributed by atoms with E-state index in [0.717, 1.165) is 10.5 Å². The Bertz CT molecular complexity index is 978. The van der Waals surface area contributed by atoms with Crippen molar-refractivity contribution in [3.63, 3.8) is 0 Å². The fourth-order valence-corrected chi connectivity index (χ4v) is 2.56. The standard InChI is InChI=1S/C18H20N4O6/c1-21(18(23)24)15-9-22-14(19-15)5-6-16(20-22)28-10-11-7-12(25-2)17(27-4)13(8-11)26-3/h5-9H,10H2,1-4H3,(H,23,24). The minimum Gasteiger partial charge on any atom is -0.493 e. The number of hydrogen-bond donors (Lipinski definition) is 1. The third-order valence-corrected chi connectivity index (χ3v) is 4.02. The molecule has 0 radical (unpaired) electrons. The molecule has 3 rings (SSSR count). The van der Waals surface area contributed by atoms with Gasteiger partial charge >= 0.3 is 6.09 Å². The number of hydrogen-bond acceptors (Lipinski definition) is 7. The highest BCUT2D eigenvalue weighted by Crippen LogP contribution is 2.38. The number of anilines is 1. The third kappa shape index (κ3) is 3.70. The second-order valence-corrected chi connectivity index (χ2v) is 5.74. The number of amides is 1. The monoisotopic (exact) mass is 388 g/mol. The van der Waals surface area contributed by atoms with Crippen molar-refractivity contribution in [2.45, 2.75) is 6.61 Å². The predicted molar refractivity (Wildman–Crippen MR) is 99.8 cm³/mol. The van der Waals surface area contributed by atoms with Crippen LogP contribution in [-0.2, 0) is 6.61 Å². The predicted octanol–water partition coefficient (Wildman–Crippen LogP) is 2.45. The second kappa shape index (κ2) is 7.91. The summed E-state index contributed by atoms with van der Waals surface area (Å²) in [4.78, 5) is 16.3. The number of nitrogens with zero attached hydrogens (tertiary/aromatic N) is 4. The summed E-state index contributed by atoms with van der Waals surface area (Å²) in [6.07, 6.45) is 0.401. The molecule has 0 aliphatic carbocycles. The van der Waals surface area contributed by atoms with Gasteiger partial charge in [-0.3, -0.25) is 4.90 Å². The Hall–Kier alpha value is -3.69. The van der Waals surface area contributed by atoms with E-state index in [1.807, 2.05) is 0 Å². The number of rotatable bonds is 7. The molecule has 3 aromatic rings. The third-order valence-electron chi connectivity index (χ3n) is 4.02. The van der Waals surface area contributed by atoms with E-state index in [1.165, 1.54) is 24.9 Å². The van der Waals surface area contributed by atoms with Gasteiger partial charge in [-0.25, -0.2) is 14.3 Å². The summed E-state index contributed by atoms with van der Waals surface area (Å²) in [5, 5.41) is 13.3. The van der Waals surface area contributed by atoms with E-state index in [-0.39, 0.29) is 12.4 Å². The quantitative estimate of drug-likeness (QED) is 0.658. The Kier molecular flexibility index (Phi) is 5.39. The largest absolute Gasteiger partial charge is 0.493 e. The molecular formula is C18H20N4O6. The van der Waals surface area contributed by atoms with Crippen LogP contribution in [0.2, 0.25) is 0 Å². The molecule has 0 atom stereocenters. The minimum atomic E-state index is -1.11. The van der Waals surface area contributed by atoms with Crippen LogP contribution in [-0.4, -0.2) is 54.2 Å². The normalized spacial score (nSPS) is 10.6. The van der Waals surface area contributed by atoms with Gasteiger partial charge < -0.3 is 24.1 Å². The molecule has 0 aliphatic heterocycles. The first-order chi connectivity index (χ1) is 13.5. The Balaban J connectivity index is 1.81. The van der Waals surface area contributed by atoms with Gasteiger partial charge in [0.15, 0.2) is 23.0 Å². The van der Waals surface area contributed by atoms with Crippen molar-refractivity contribution < 1.29 is 28.8 Å². The summed E-state index contributed by atoms with van der Waals surface area (Å²) in [5.74, 6) is 2.17. The van der Waals surface area contributed by atoms with Crippen molar-refractivity contribution in [3.05, 3.63) is 36.0 Å². The summed E-state index contributed by atoms with van der Waals surface area (Å²) in [6, 6.07) is 6.93. The summed E-state index contributed by atoms with van der Waals surface area (Å²) < 4.78 is 23.2. The smallest absolute Gasteiger partial charge is 0.412 e. The van der Waals surface area contributed by atoms with Crippen molar-refractivity contribution in [3.8, 4) is 23.1 Å². The number of imidazole rings is 1. The molecule has 10 heteroatoms. The van der Waals surface area contributed by atoms with Crippen molar-refractivity contribution in [2.75, 3.05) is 33.3 Å². The maximum absolute atomic E-state index is 11.1. The van der Waals surface area contributed by atoms with Gasteiger partial charge in [0.05, 0.1) is 27.5 Å². The van der Waals surface area contributed by atoms with Crippen molar-refractivity contribution in [2.24, 2.45) is 0 Å². The van der Waals surface area contributed by atoms with Crippen LogP contribution in [0, 0.1) is 0 Å². The van der Waals surface area contributed by atoms with Gasteiger partial charge in [0.2, 0.25) is 11.6 Å². The van der Waals surface area contributed by atoms with Crippen molar-refractivity contribution in [1.82, 2.24) is 14.6 Å². The van der Waals surface area contributed by atoms with Crippen LogP contribution in [0.1, 0.15) is 5.56 Å². The van der Waals surface area contributed by atoms with Gasteiger partial charge in [-0.05, 0) is 23.8 Å². The molecule has 0 spiro atoms. The van der Waals surface area contributed by atoms with Gasteiger partial charge in [-0.2, -0.15) is 0 Å². The lowest BCUT2D eigenvalue weighted by Crippen LogP contribution is -2.23. The second-order valence-electron chi connectivity index (χ2n) is 5.74. The maximum Gasteiger partial charge on any atom is 0.412 e. The number of ether oxygens (including phenoxy) is 4. The Morgan fingerprint density at radius 3 is 2.39 bits per heavy atom. The van der Waals surface area contributed by atoms with E-state index in [1.54, 1.807) is 38.5 Å². The van der Waals surface area contributed by atoms with Gasteiger partial charge in [-0.1, -0.05) is 0 Å². The van der Waals surface area contributed by atoms with Gasteiger partial charge in [0.1, 0.15) is 6.61 Å². The lowest BCUT2D eigenvalue weighted by atomic mass is 10.2. The van der Waals surface area contributed by atoms with Crippen LogP contribution in [0.15, 0.2) is 30.5 Å². The van der Waals surface area contributed by atoms with Crippen LogP contribution in [0.25, 0.3) is 5.65 Å². The first-order valence-corrected chi connectivity index (χ1v) is 8.21. The molecule has 28 heavy (non-hydrogen) atoms. The highest BCUT2D eigenvalue weighted by Gasteiger charge is 2.15. The molecule has 1 N–H and O–H groups in total. The molecule has 0 fully saturated rings. The SMILES string of the molecule is COc1cc(COc2ccc3nc(N(C)C(=O)O)cn3n2)cc(OC)c1OC. The molecule has 10 nitrogen and oxygen atoms in total. The number of aromatic nitrogens is 3. The fraction of sp³-hybridized carbons (Fsp3) is 0.278. The lowest BCUT2D eigenvalue weighted by Gasteiger charge is -2.14. The molecule has 0 saturated carbocycles. The molecule has 1 aromatic carbocycles. The number of fused-ring (bicyclic) bond motifs is 1. The lowest BCUT2D eigenvalue weighted by molar-refractivity contribution is 0.203. The first kappa shape index (κ1) is 19.1. The molecule has 1 amide bonds. The molecule has 0 aliphatic rings. The summed E-state index contributed by atoms with van der Waals surface area (Å²) in [6.45, 7) is 0.214. The van der Waals surface area contributed by atoms with Crippen LogP contribution in [0.5, 0.6) is 23.1 Å². The van der Waals surface area contributed by atoms with Crippen LogP contribution in [0.4, 0.5) is 10.6 Å². The van der Waals surface area contributed by atoms with Crippen molar-refractivity contribution in [1.29, 1.82) is 0 Å². The van der Waals surface area contributed by atoms with E-state index >= 15 is 0 Å².